The Morgan fingerprint density at radius 1 is 1.37 bits per heavy atom. The van der Waals surface area contributed by atoms with Crippen molar-refractivity contribution in [1.82, 2.24) is 5.32 Å². The van der Waals surface area contributed by atoms with Crippen LogP contribution >= 0.6 is 0 Å². The number of aliphatic carboxylic acids is 1. The minimum Gasteiger partial charge on any atom is -0.480 e. The number of carbonyl (C=O) groups is 2. The van der Waals surface area contributed by atoms with Crippen LogP contribution in [0.1, 0.15) is 12.0 Å². The standard InChI is InChI=1S/C13H13F2NO3/c1-2-3-11(13(18)19)16-12(17)7-8-4-5-9(14)10(15)6-8/h2,4-6,11H,1,3,7H2,(H,16,17)(H,18,19)/t11-/m0/s1. The second-order valence-corrected chi connectivity index (χ2v) is 3.91. The molecule has 0 aliphatic heterocycles. The first-order chi connectivity index (χ1) is 8.93. The average molecular weight is 269 g/mol. The molecule has 102 valence electrons. The van der Waals surface area contributed by atoms with Crippen LogP contribution in [0.4, 0.5) is 8.78 Å². The van der Waals surface area contributed by atoms with Gasteiger partial charge in [-0.15, -0.1) is 6.58 Å². The number of amides is 1. The van der Waals surface area contributed by atoms with Gasteiger partial charge in [0.2, 0.25) is 5.91 Å². The maximum Gasteiger partial charge on any atom is 0.326 e. The molecule has 0 saturated carbocycles. The van der Waals surface area contributed by atoms with E-state index in [4.69, 9.17) is 5.11 Å². The molecule has 1 rings (SSSR count). The highest BCUT2D eigenvalue weighted by Crippen LogP contribution is 2.09. The monoisotopic (exact) mass is 269 g/mol. The van der Waals surface area contributed by atoms with E-state index in [9.17, 15) is 18.4 Å². The fourth-order valence-corrected chi connectivity index (χ4v) is 1.47. The second kappa shape index (κ2) is 6.63. The number of nitrogens with one attached hydrogen (secondary N) is 1. The third-order valence-electron chi connectivity index (χ3n) is 2.38. The van der Waals surface area contributed by atoms with E-state index in [1.807, 2.05) is 0 Å². The smallest absolute Gasteiger partial charge is 0.326 e. The van der Waals surface area contributed by atoms with Crippen LogP contribution in [-0.2, 0) is 16.0 Å². The molecule has 0 bridgehead atoms. The minimum absolute atomic E-state index is 0.0822. The van der Waals surface area contributed by atoms with E-state index >= 15 is 0 Å². The van der Waals surface area contributed by atoms with Crippen molar-refractivity contribution in [2.24, 2.45) is 0 Å². The number of hydrogen-bond donors (Lipinski definition) is 2. The summed E-state index contributed by atoms with van der Waals surface area (Å²) in [7, 11) is 0. The van der Waals surface area contributed by atoms with Gasteiger partial charge in [0.15, 0.2) is 11.6 Å². The highest BCUT2D eigenvalue weighted by atomic mass is 19.2. The van der Waals surface area contributed by atoms with Crippen molar-refractivity contribution in [3.63, 3.8) is 0 Å². The van der Waals surface area contributed by atoms with Crippen molar-refractivity contribution in [1.29, 1.82) is 0 Å². The molecule has 19 heavy (non-hydrogen) atoms. The highest BCUT2D eigenvalue weighted by Gasteiger charge is 2.18. The summed E-state index contributed by atoms with van der Waals surface area (Å²) in [6.45, 7) is 3.39. The Balaban J connectivity index is 2.65. The summed E-state index contributed by atoms with van der Waals surface area (Å²) in [4.78, 5) is 22.4. The summed E-state index contributed by atoms with van der Waals surface area (Å²) in [5.74, 6) is -3.82. The van der Waals surface area contributed by atoms with Gasteiger partial charge in [0.05, 0.1) is 6.42 Å². The second-order valence-electron chi connectivity index (χ2n) is 3.91. The maximum atomic E-state index is 12.9. The quantitative estimate of drug-likeness (QED) is 0.772. The van der Waals surface area contributed by atoms with Crippen molar-refractivity contribution < 1.29 is 23.5 Å². The molecule has 1 amide bonds. The fourth-order valence-electron chi connectivity index (χ4n) is 1.47. The Morgan fingerprint density at radius 3 is 2.58 bits per heavy atom. The first-order valence-electron chi connectivity index (χ1n) is 5.51. The molecule has 0 aliphatic carbocycles. The molecule has 0 fully saturated rings. The molecule has 0 heterocycles. The summed E-state index contributed by atoms with van der Waals surface area (Å²) in [5, 5.41) is 11.1. The summed E-state index contributed by atoms with van der Waals surface area (Å²) >= 11 is 0. The normalized spacial score (nSPS) is 11.7. The molecule has 0 radical (unpaired) electrons. The van der Waals surface area contributed by atoms with Crippen molar-refractivity contribution in [3.05, 3.63) is 48.1 Å². The van der Waals surface area contributed by atoms with Crippen molar-refractivity contribution >= 4 is 11.9 Å². The van der Waals surface area contributed by atoms with Gasteiger partial charge in [-0.2, -0.15) is 0 Å². The third kappa shape index (κ3) is 4.50. The van der Waals surface area contributed by atoms with Crippen molar-refractivity contribution in [2.45, 2.75) is 18.9 Å². The topological polar surface area (TPSA) is 66.4 Å². The van der Waals surface area contributed by atoms with Crippen molar-refractivity contribution in [3.8, 4) is 0 Å². The first-order valence-corrected chi connectivity index (χ1v) is 5.51. The van der Waals surface area contributed by atoms with E-state index in [0.717, 1.165) is 12.1 Å². The Labute approximate surface area is 108 Å². The number of carboxylic acids is 1. The van der Waals surface area contributed by atoms with Crippen LogP contribution in [0.2, 0.25) is 0 Å². The van der Waals surface area contributed by atoms with Gasteiger partial charge in [0.25, 0.3) is 0 Å². The lowest BCUT2D eigenvalue weighted by Crippen LogP contribution is -2.41. The largest absolute Gasteiger partial charge is 0.480 e. The Hall–Kier alpha value is -2.24. The van der Waals surface area contributed by atoms with E-state index in [1.54, 1.807) is 0 Å². The zero-order valence-electron chi connectivity index (χ0n) is 10.0. The number of benzene rings is 1. The van der Waals surface area contributed by atoms with E-state index in [0.29, 0.717) is 0 Å². The van der Waals surface area contributed by atoms with Crippen LogP contribution in [0.25, 0.3) is 0 Å². The predicted molar refractivity (Wildman–Crippen MR) is 64.4 cm³/mol. The van der Waals surface area contributed by atoms with E-state index in [-0.39, 0.29) is 18.4 Å². The lowest BCUT2D eigenvalue weighted by molar-refractivity contribution is -0.141. The van der Waals surface area contributed by atoms with Crippen LogP contribution < -0.4 is 5.32 Å². The van der Waals surface area contributed by atoms with Gasteiger partial charge in [-0.05, 0) is 24.1 Å². The van der Waals surface area contributed by atoms with E-state index in [1.165, 1.54) is 12.1 Å². The number of carbonyl (C=O) groups excluding carboxylic acids is 1. The molecule has 0 saturated heterocycles. The summed E-state index contributed by atoms with van der Waals surface area (Å²) in [5.41, 5.74) is 0.263. The van der Waals surface area contributed by atoms with Crippen LogP contribution in [0.3, 0.4) is 0 Å². The zero-order chi connectivity index (χ0) is 14.4. The molecular weight excluding hydrogens is 256 g/mol. The van der Waals surface area contributed by atoms with Gasteiger partial charge in [-0.25, -0.2) is 13.6 Å². The van der Waals surface area contributed by atoms with Gasteiger partial charge in [0.1, 0.15) is 6.04 Å². The minimum atomic E-state index is -1.18. The summed E-state index contributed by atoms with van der Waals surface area (Å²) in [6, 6.07) is 2.01. The molecule has 0 spiro atoms. The van der Waals surface area contributed by atoms with Gasteiger partial charge in [-0.1, -0.05) is 12.1 Å². The van der Waals surface area contributed by atoms with Crippen LogP contribution in [0, 0.1) is 11.6 Å². The molecule has 1 atom stereocenters. The molecule has 0 unspecified atom stereocenters. The molecule has 0 aliphatic rings. The Morgan fingerprint density at radius 2 is 2.05 bits per heavy atom. The predicted octanol–water partition coefficient (Wildman–Crippen LogP) is 1.65. The number of halogens is 2. The zero-order valence-corrected chi connectivity index (χ0v) is 10.0. The average Bonchev–Trinajstić information content (AvgIpc) is 2.33. The van der Waals surface area contributed by atoms with E-state index in [2.05, 4.69) is 11.9 Å². The highest BCUT2D eigenvalue weighted by molar-refractivity contribution is 5.84. The number of hydrogen-bond acceptors (Lipinski definition) is 2. The molecule has 0 aromatic heterocycles. The maximum absolute atomic E-state index is 12.9. The lowest BCUT2D eigenvalue weighted by atomic mass is 10.1. The van der Waals surface area contributed by atoms with Crippen LogP contribution in [-0.4, -0.2) is 23.0 Å². The Bertz CT molecular complexity index is 503. The summed E-state index contributed by atoms with van der Waals surface area (Å²) < 4.78 is 25.6. The molecule has 1 aromatic carbocycles. The fraction of sp³-hybridized carbons (Fsp3) is 0.231. The first kappa shape index (κ1) is 14.8. The van der Waals surface area contributed by atoms with Crippen LogP contribution in [0.5, 0.6) is 0 Å². The lowest BCUT2D eigenvalue weighted by Gasteiger charge is -2.12. The molecule has 1 aromatic rings. The molecule has 6 heteroatoms. The Kier molecular flexibility index (Phi) is 5.17. The van der Waals surface area contributed by atoms with Crippen molar-refractivity contribution in [2.75, 3.05) is 0 Å². The van der Waals surface area contributed by atoms with Gasteiger partial charge in [-0.3, -0.25) is 4.79 Å². The van der Waals surface area contributed by atoms with E-state index < -0.39 is 29.6 Å². The molecular formula is C13H13F2NO3. The summed E-state index contributed by atoms with van der Waals surface area (Å²) in [6.07, 6.45) is 1.23. The van der Waals surface area contributed by atoms with Gasteiger partial charge in [0, 0.05) is 0 Å². The molecule has 2 N–H and O–H groups in total. The SMILES string of the molecule is C=CC[C@H](NC(=O)Cc1ccc(F)c(F)c1)C(=O)O. The van der Waals surface area contributed by atoms with Crippen LogP contribution in [0.15, 0.2) is 30.9 Å². The number of rotatable bonds is 6. The third-order valence-corrected chi connectivity index (χ3v) is 2.38. The van der Waals surface area contributed by atoms with Gasteiger partial charge < -0.3 is 10.4 Å². The number of carboxylic acid groups (broad SMARTS) is 1. The molecule has 4 nitrogen and oxygen atoms in total. The van der Waals surface area contributed by atoms with Gasteiger partial charge >= 0.3 is 5.97 Å².